The van der Waals surface area contributed by atoms with Gasteiger partial charge in [0.2, 0.25) is 0 Å². The highest BCUT2D eigenvalue weighted by molar-refractivity contribution is 14.1. The summed E-state index contributed by atoms with van der Waals surface area (Å²) in [6.07, 6.45) is 1.64. The summed E-state index contributed by atoms with van der Waals surface area (Å²) >= 11 is 2.13. The van der Waals surface area contributed by atoms with Crippen LogP contribution in [0.15, 0.2) is 42.6 Å². The summed E-state index contributed by atoms with van der Waals surface area (Å²) in [7, 11) is 0. The molecule has 0 saturated heterocycles. The van der Waals surface area contributed by atoms with E-state index in [1.54, 1.807) is 24.4 Å². The lowest BCUT2D eigenvalue weighted by Crippen LogP contribution is -2.14. The monoisotopic (exact) mass is 339 g/mol. The van der Waals surface area contributed by atoms with E-state index in [-0.39, 0.29) is 5.91 Å². The number of carbonyl (C=O) groups excluding carboxylic acids is 1. The maximum atomic E-state index is 11.8. The molecule has 1 aromatic carbocycles. The first-order valence-electron chi connectivity index (χ1n) is 4.94. The highest BCUT2D eigenvalue weighted by atomic mass is 127. The Balaban J connectivity index is 2.17. The van der Waals surface area contributed by atoms with Crippen molar-refractivity contribution in [2.75, 3.05) is 11.1 Å². The molecule has 0 saturated carbocycles. The van der Waals surface area contributed by atoms with Gasteiger partial charge in [-0.15, -0.1) is 0 Å². The molecular formula is C12H10IN3O. The standard InChI is InChI=1S/C12H10IN3O/c13-8-5-6-11(15-7-8)12(17)16-10-4-2-1-3-9(10)14/h1-7H,14H2,(H,16,17). The Morgan fingerprint density at radius 2 is 2.00 bits per heavy atom. The molecule has 2 rings (SSSR count). The van der Waals surface area contributed by atoms with Crippen molar-refractivity contribution in [2.24, 2.45) is 0 Å². The SMILES string of the molecule is Nc1ccccc1NC(=O)c1ccc(I)cn1. The molecule has 17 heavy (non-hydrogen) atoms. The fourth-order valence-electron chi connectivity index (χ4n) is 1.31. The van der Waals surface area contributed by atoms with E-state index in [0.717, 1.165) is 3.57 Å². The molecule has 1 heterocycles. The summed E-state index contributed by atoms with van der Waals surface area (Å²) in [4.78, 5) is 15.9. The van der Waals surface area contributed by atoms with Crippen molar-refractivity contribution in [3.63, 3.8) is 0 Å². The van der Waals surface area contributed by atoms with E-state index in [1.165, 1.54) is 0 Å². The number of para-hydroxylation sites is 2. The van der Waals surface area contributed by atoms with Gasteiger partial charge in [-0.3, -0.25) is 4.79 Å². The number of nitrogen functional groups attached to an aromatic ring is 1. The van der Waals surface area contributed by atoms with Crippen LogP contribution in [-0.2, 0) is 0 Å². The zero-order chi connectivity index (χ0) is 12.3. The van der Waals surface area contributed by atoms with E-state index in [9.17, 15) is 4.79 Å². The van der Waals surface area contributed by atoms with Gasteiger partial charge in [0.05, 0.1) is 11.4 Å². The molecule has 1 aromatic heterocycles. The highest BCUT2D eigenvalue weighted by Gasteiger charge is 2.08. The number of benzene rings is 1. The van der Waals surface area contributed by atoms with E-state index in [1.807, 2.05) is 18.2 Å². The molecule has 0 fully saturated rings. The molecule has 0 aliphatic carbocycles. The van der Waals surface area contributed by atoms with Crippen LogP contribution in [0.5, 0.6) is 0 Å². The smallest absolute Gasteiger partial charge is 0.274 e. The maximum Gasteiger partial charge on any atom is 0.274 e. The average molecular weight is 339 g/mol. The molecule has 0 spiro atoms. The van der Waals surface area contributed by atoms with Crippen molar-refractivity contribution in [3.8, 4) is 0 Å². The van der Waals surface area contributed by atoms with Crippen molar-refractivity contribution < 1.29 is 4.79 Å². The van der Waals surface area contributed by atoms with Crippen LogP contribution < -0.4 is 11.1 Å². The summed E-state index contributed by atoms with van der Waals surface area (Å²) in [5, 5.41) is 2.72. The Kier molecular flexibility index (Phi) is 3.58. The molecular weight excluding hydrogens is 329 g/mol. The molecule has 0 aliphatic rings. The Morgan fingerprint density at radius 3 is 2.65 bits per heavy atom. The van der Waals surface area contributed by atoms with Gasteiger partial charge in [-0.1, -0.05) is 12.1 Å². The first-order valence-corrected chi connectivity index (χ1v) is 6.02. The lowest BCUT2D eigenvalue weighted by atomic mass is 10.2. The number of halogens is 1. The Bertz CT molecular complexity index is 540. The number of hydrogen-bond donors (Lipinski definition) is 2. The number of nitrogens with two attached hydrogens (primary N) is 1. The first kappa shape index (κ1) is 11.8. The van der Waals surface area contributed by atoms with Gasteiger partial charge in [0.1, 0.15) is 5.69 Å². The van der Waals surface area contributed by atoms with Crippen LogP contribution in [-0.4, -0.2) is 10.9 Å². The lowest BCUT2D eigenvalue weighted by molar-refractivity contribution is 0.102. The molecule has 0 unspecified atom stereocenters. The van der Waals surface area contributed by atoms with E-state index in [0.29, 0.717) is 17.1 Å². The number of nitrogens with one attached hydrogen (secondary N) is 1. The largest absolute Gasteiger partial charge is 0.397 e. The van der Waals surface area contributed by atoms with Gasteiger partial charge in [-0.05, 0) is 46.9 Å². The van der Waals surface area contributed by atoms with Crippen molar-refractivity contribution in [2.45, 2.75) is 0 Å². The molecule has 86 valence electrons. The van der Waals surface area contributed by atoms with Crippen LogP contribution in [0.25, 0.3) is 0 Å². The number of rotatable bonds is 2. The van der Waals surface area contributed by atoms with E-state index in [2.05, 4.69) is 32.9 Å². The Morgan fingerprint density at radius 1 is 1.24 bits per heavy atom. The molecule has 0 atom stereocenters. The minimum Gasteiger partial charge on any atom is -0.397 e. The summed E-state index contributed by atoms with van der Waals surface area (Å²) in [5.74, 6) is -0.265. The zero-order valence-electron chi connectivity index (χ0n) is 8.85. The summed E-state index contributed by atoms with van der Waals surface area (Å²) < 4.78 is 0.985. The third-order valence-electron chi connectivity index (χ3n) is 2.17. The second-order valence-corrected chi connectivity index (χ2v) is 4.65. The lowest BCUT2D eigenvalue weighted by Gasteiger charge is -2.07. The molecule has 3 N–H and O–H groups in total. The van der Waals surface area contributed by atoms with Gasteiger partial charge in [0, 0.05) is 9.77 Å². The van der Waals surface area contributed by atoms with Gasteiger partial charge in [0.25, 0.3) is 5.91 Å². The number of carbonyl (C=O) groups is 1. The van der Waals surface area contributed by atoms with Gasteiger partial charge >= 0.3 is 0 Å². The van der Waals surface area contributed by atoms with Crippen LogP contribution in [0.1, 0.15) is 10.5 Å². The van der Waals surface area contributed by atoms with Gasteiger partial charge < -0.3 is 11.1 Å². The topological polar surface area (TPSA) is 68.0 Å². The number of anilines is 2. The van der Waals surface area contributed by atoms with Gasteiger partial charge in [0.15, 0.2) is 0 Å². The van der Waals surface area contributed by atoms with Crippen molar-refractivity contribution in [1.82, 2.24) is 4.98 Å². The van der Waals surface area contributed by atoms with Crippen LogP contribution in [0.2, 0.25) is 0 Å². The molecule has 4 nitrogen and oxygen atoms in total. The van der Waals surface area contributed by atoms with Crippen LogP contribution in [0.3, 0.4) is 0 Å². The Hall–Kier alpha value is -1.63. The fourth-order valence-corrected chi connectivity index (χ4v) is 1.63. The minimum atomic E-state index is -0.265. The number of aromatic nitrogens is 1. The highest BCUT2D eigenvalue weighted by Crippen LogP contribution is 2.17. The van der Waals surface area contributed by atoms with E-state index < -0.39 is 0 Å². The Labute approximate surface area is 112 Å². The molecule has 5 heteroatoms. The second-order valence-electron chi connectivity index (χ2n) is 3.40. The maximum absolute atomic E-state index is 11.8. The predicted molar refractivity (Wildman–Crippen MR) is 75.8 cm³/mol. The number of amides is 1. The normalized spacial score (nSPS) is 9.94. The molecule has 0 radical (unpaired) electrons. The number of nitrogens with zero attached hydrogens (tertiary/aromatic N) is 1. The third-order valence-corrected chi connectivity index (χ3v) is 2.81. The van der Waals surface area contributed by atoms with Crippen LogP contribution in [0, 0.1) is 3.57 Å². The molecule has 0 bridgehead atoms. The van der Waals surface area contributed by atoms with Crippen LogP contribution >= 0.6 is 22.6 Å². The second kappa shape index (κ2) is 5.13. The number of hydrogen-bond acceptors (Lipinski definition) is 3. The van der Waals surface area contributed by atoms with Gasteiger partial charge in [-0.25, -0.2) is 4.98 Å². The van der Waals surface area contributed by atoms with Crippen molar-refractivity contribution >= 4 is 39.9 Å². The van der Waals surface area contributed by atoms with Crippen LogP contribution in [0.4, 0.5) is 11.4 Å². The quantitative estimate of drug-likeness (QED) is 0.653. The van der Waals surface area contributed by atoms with Crippen molar-refractivity contribution in [1.29, 1.82) is 0 Å². The molecule has 0 aliphatic heterocycles. The summed E-state index contributed by atoms with van der Waals surface area (Å²) in [5.41, 5.74) is 7.23. The van der Waals surface area contributed by atoms with Crippen molar-refractivity contribution in [3.05, 3.63) is 51.9 Å². The molecule has 1 amide bonds. The fraction of sp³-hybridized carbons (Fsp3) is 0. The zero-order valence-corrected chi connectivity index (χ0v) is 11.0. The number of pyridine rings is 1. The summed E-state index contributed by atoms with van der Waals surface area (Å²) in [6, 6.07) is 10.6. The first-order chi connectivity index (χ1) is 8.16. The predicted octanol–water partition coefficient (Wildman–Crippen LogP) is 2.52. The summed E-state index contributed by atoms with van der Waals surface area (Å²) in [6.45, 7) is 0. The van der Waals surface area contributed by atoms with E-state index >= 15 is 0 Å². The van der Waals surface area contributed by atoms with E-state index in [4.69, 9.17) is 5.73 Å². The average Bonchev–Trinajstić information content (AvgIpc) is 2.33. The minimum absolute atomic E-state index is 0.265. The molecule has 2 aromatic rings. The third kappa shape index (κ3) is 2.94. The van der Waals surface area contributed by atoms with Gasteiger partial charge in [-0.2, -0.15) is 0 Å².